The molecular weight excluding hydrogens is 198 g/mol. The standard InChI is InChI=1S/C14H19NO/c1-10-12-8-15(13(9-16)14(10)12)7-11-5-3-2-4-6-11/h2-6,10,12-14,16H,7-9H2,1H3/t10-,12?,13+,14-/m0/s1. The molecule has 2 heteroatoms. The molecule has 1 aliphatic heterocycles. The molecule has 1 aliphatic carbocycles. The van der Waals surface area contributed by atoms with Crippen LogP contribution in [0.5, 0.6) is 0 Å². The molecule has 2 nitrogen and oxygen atoms in total. The predicted molar refractivity (Wildman–Crippen MR) is 63.9 cm³/mol. The highest BCUT2D eigenvalue weighted by Crippen LogP contribution is 2.55. The van der Waals surface area contributed by atoms with E-state index in [0.29, 0.717) is 12.6 Å². The van der Waals surface area contributed by atoms with Gasteiger partial charge in [0.05, 0.1) is 6.61 Å². The average molecular weight is 217 g/mol. The van der Waals surface area contributed by atoms with Gasteiger partial charge in [0.2, 0.25) is 0 Å². The van der Waals surface area contributed by atoms with Gasteiger partial charge in [-0.15, -0.1) is 0 Å². The summed E-state index contributed by atoms with van der Waals surface area (Å²) in [6, 6.07) is 11.0. The molecule has 0 aromatic heterocycles. The number of hydrogen-bond donors (Lipinski definition) is 1. The molecule has 1 heterocycles. The van der Waals surface area contributed by atoms with Gasteiger partial charge in [-0.25, -0.2) is 0 Å². The molecule has 86 valence electrons. The Hall–Kier alpha value is -0.860. The lowest BCUT2D eigenvalue weighted by Crippen LogP contribution is -2.36. The van der Waals surface area contributed by atoms with Crippen LogP contribution in [-0.2, 0) is 6.54 Å². The normalized spacial score (nSPS) is 37.4. The zero-order chi connectivity index (χ0) is 11.1. The second kappa shape index (κ2) is 3.86. The number of piperidine rings is 1. The van der Waals surface area contributed by atoms with Gasteiger partial charge in [-0.1, -0.05) is 37.3 Å². The molecule has 4 atom stereocenters. The fraction of sp³-hybridized carbons (Fsp3) is 0.571. The summed E-state index contributed by atoms with van der Waals surface area (Å²) in [6.45, 7) is 4.80. The van der Waals surface area contributed by atoms with Gasteiger partial charge in [-0.3, -0.25) is 4.90 Å². The minimum Gasteiger partial charge on any atom is -0.395 e. The Labute approximate surface area is 96.9 Å². The van der Waals surface area contributed by atoms with Crippen LogP contribution in [0, 0.1) is 17.8 Å². The first-order valence-electron chi connectivity index (χ1n) is 6.20. The molecule has 2 fully saturated rings. The van der Waals surface area contributed by atoms with Crippen LogP contribution in [0.4, 0.5) is 0 Å². The van der Waals surface area contributed by atoms with Crippen molar-refractivity contribution in [2.24, 2.45) is 17.8 Å². The van der Waals surface area contributed by atoms with Crippen LogP contribution in [-0.4, -0.2) is 29.2 Å². The largest absolute Gasteiger partial charge is 0.395 e. The van der Waals surface area contributed by atoms with Crippen molar-refractivity contribution in [2.45, 2.75) is 19.5 Å². The van der Waals surface area contributed by atoms with Crippen molar-refractivity contribution in [1.82, 2.24) is 4.90 Å². The summed E-state index contributed by atoms with van der Waals surface area (Å²) in [6.07, 6.45) is 0. The van der Waals surface area contributed by atoms with Crippen LogP contribution >= 0.6 is 0 Å². The Bertz CT molecular complexity index is 364. The van der Waals surface area contributed by atoms with Gasteiger partial charge in [0.15, 0.2) is 0 Å². The zero-order valence-corrected chi connectivity index (χ0v) is 9.71. The Morgan fingerprint density at radius 2 is 2.06 bits per heavy atom. The Kier molecular flexibility index (Phi) is 2.49. The second-order valence-electron chi connectivity index (χ2n) is 5.27. The molecule has 1 aromatic rings. The summed E-state index contributed by atoms with van der Waals surface area (Å²) in [5, 5.41) is 9.49. The summed E-state index contributed by atoms with van der Waals surface area (Å²) < 4.78 is 0. The summed E-state index contributed by atoms with van der Waals surface area (Å²) in [5.41, 5.74) is 1.36. The molecule has 2 aliphatic rings. The third-order valence-electron chi connectivity index (χ3n) is 4.41. The van der Waals surface area contributed by atoms with Crippen molar-refractivity contribution in [1.29, 1.82) is 0 Å². The molecule has 1 saturated heterocycles. The van der Waals surface area contributed by atoms with Crippen LogP contribution in [0.25, 0.3) is 0 Å². The fourth-order valence-electron chi connectivity index (χ4n) is 3.39. The van der Waals surface area contributed by atoms with Gasteiger partial charge in [0, 0.05) is 19.1 Å². The Balaban J connectivity index is 1.69. The number of benzene rings is 1. The maximum Gasteiger partial charge on any atom is 0.0589 e. The van der Waals surface area contributed by atoms with Crippen LogP contribution in [0.1, 0.15) is 12.5 Å². The monoisotopic (exact) mass is 217 g/mol. The number of aliphatic hydroxyl groups excluding tert-OH is 1. The van der Waals surface area contributed by atoms with E-state index < -0.39 is 0 Å². The van der Waals surface area contributed by atoms with Gasteiger partial charge in [0.1, 0.15) is 0 Å². The van der Waals surface area contributed by atoms with E-state index >= 15 is 0 Å². The third-order valence-corrected chi connectivity index (χ3v) is 4.41. The van der Waals surface area contributed by atoms with Crippen molar-refractivity contribution in [3.63, 3.8) is 0 Å². The van der Waals surface area contributed by atoms with Gasteiger partial charge in [-0.05, 0) is 23.3 Å². The molecule has 1 aromatic carbocycles. The summed E-state index contributed by atoms with van der Waals surface area (Å²) in [5.74, 6) is 2.44. The van der Waals surface area contributed by atoms with E-state index in [9.17, 15) is 5.11 Å². The van der Waals surface area contributed by atoms with Crippen molar-refractivity contribution in [3.05, 3.63) is 35.9 Å². The smallest absolute Gasteiger partial charge is 0.0589 e. The number of aliphatic hydroxyl groups is 1. The molecule has 0 radical (unpaired) electrons. The number of nitrogens with zero attached hydrogens (tertiary/aromatic N) is 1. The van der Waals surface area contributed by atoms with Gasteiger partial charge >= 0.3 is 0 Å². The molecule has 3 rings (SSSR count). The second-order valence-corrected chi connectivity index (χ2v) is 5.27. The van der Waals surface area contributed by atoms with Crippen molar-refractivity contribution in [2.75, 3.05) is 13.2 Å². The van der Waals surface area contributed by atoms with Crippen LogP contribution in [0.15, 0.2) is 30.3 Å². The predicted octanol–water partition coefficient (Wildman–Crippen LogP) is 1.75. The SMILES string of the molecule is C[C@H]1C2CN(Cc3ccccc3)[C@H](CO)[C@H]21. The van der Waals surface area contributed by atoms with E-state index in [1.54, 1.807) is 0 Å². The molecule has 1 saturated carbocycles. The van der Waals surface area contributed by atoms with Gasteiger partial charge < -0.3 is 5.11 Å². The number of fused-ring (bicyclic) bond motifs is 1. The van der Waals surface area contributed by atoms with E-state index in [1.807, 2.05) is 0 Å². The number of rotatable bonds is 3. The summed E-state index contributed by atoms with van der Waals surface area (Å²) in [4.78, 5) is 2.45. The molecule has 1 N–H and O–H groups in total. The minimum atomic E-state index is 0.318. The van der Waals surface area contributed by atoms with Crippen molar-refractivity contribution in [3.8, 4) is 0 Å². The van der Waals surface area contributed by atoms with Crippen molar-refractivity contribution < 1.29 is 5.11 Å². The summed E-state index contributed by atoms with van der Waals surface area (Å²) in [7, 11) is 0. The highest BCUT2D eigenvalue weighted by atomic mass is 16.3. The lowest BCUT2D eigenvalue weighted by atomic mass is 10.1. The molecule has 0 amide bonds. The Morgan fingerprint density at radius 1 is 1.31 bits per heavy atom. The molecular formula is C14H19NO. The minimum absolute atomic E-state index is 0.318. The topological polar surface area (TPSA) is 23.5 Å². The first-order valence-corrected chi connectivity index (χ1v) is 6.20. The highest BCUT2D eigenvalue weighted by molar-refractivity contribution is 5.17. The van der Waals surface area contributed by atoms with E-state index in [-0.39, 0.29) is 0 Å². The summed E-state index contributed by atoms with van der Waals surface area (Å²) >= 11 is 0. The fourth-order valence-corrected chi connectivity index (χ4v) is 3.39. The van der Waals surface area contributed by atoms with E-state index in [4.69, 9.17) is 0 Å². The quantitative estimate of drug-likeness (QED) is 0.833. The lowest BCUT2D eigenvalue weighted by molar-refractivity contribution is 0.123. The zero-order valence-electron chi connectivity index (χ0n) is 9.71. The number of hydrogen-bond acceptors (Lipinski definition) is 2. The van der Waals surface area contributed by atoms with Crippen LogP contribution in [0.2, 0.25) is 0 Å². The van der Waals surface area contributed by atoms with E-state index in [2.05, 4.69) is 42.2 Å². The van der Waals surface area contributed by atoms with E-state index in [0.717, 1.165) is 24.3 Å². The highest BCUT2D eigenvalue weighted by Gasteiger charge is 2.58. The molecule has 16 heavy (non-hydrogen) atoms. The average Bonchev–Trinajstić information content (AvgIpc) is 2.78. The van der Waals surface area contributed by atoms with Crippen molar-refractivity contribution >= 4 is 0 Å². The first kappa shape index (κ1) is 10.3. The van der Waals surface area contributed by atoms with Gasteiger partial charge in [0.25, 0.3) is 0 Å². The maximum absolute atomic E-state index is 9.49. The first-order chi connectivity index (χ1) is 7.81. The lowest BCUT2D eigenvalue weighted by Gasteiger charge is -2.26. The molecule has 0 bridgehead atoms. The van der Waals surface area contributed by atoms with Gasteiger partial charge in [-0.2, -0.15) is 0 Å². The third kappa shape index (κ3) is 1.57. The molecule has 0 spiro atoms. The maximum atomic E-state index is 9.49. The van der Waals surface area contributed by atoms with Crippen LogP contribution in [0.3, 0.4) is 0 Å². The molecule has 1 unspecified atom stereocenters. The number of likely N-dealkylation sites (tertiary alicyclic amines) is 1. The Morgan fingerprint density at radius 3 is 2.75 bits per heavy atom. The van der Waals surface area contributed by atoms with Crippen LogP contribution < -0.4 is 0 Å². The van der Waals surface area contributed by atoms with E-state index in [1.165, 1.54) is 12.1 Å².